The summed E-state index contributed by atoms with van der Waals surface area (Å²) in [4.78, 5) is 10.7. The summed E-state index contributed by atoms with van der Waals surface area (Å²) in [6.45, 7) is 6.09. The first kappa shape index (κ1) is 14.8. The number of hydrogen-bond acceptors (Lipinski definition) is 4. The van der Waals surface area contributed by atoms with Crippen LogP contribution >= 0.6 is 22.6 Å². The quantitative estimate of drug-likeness (QED) is 0.488. The number of hydrogen-bond donors (Lipinski definition) is 1. The second kappa shape index (κ2) is 5.04. The molecule has 0 unspecified atom stereocenters. The van der Waals surface area contributed by atoms with Gasteiger partial charge in [0.15, 0.2) is 0 Å². The van der Waals surface area contributed by atoms with Gasteiger partial charge in [-0.3, -0.25) is 10.1 Å². The molecule has 0 saturated carbocycles. The lowest BCUT2D eigenvalue weighted by atomic mass is 9.92. The molecule has 0 aliphatic heterocycles. The SMILES string of the molecule is CC(C)(C)c1nn(-c2ccccc2[N+](=O)[O-])c(N)c1I. The Morgan fingerprint density at radius 1 is 1.35 bits per heavy atom. The zero-order valence-corrected chi connectivity index (χ0v) is 13.6. The summed E-state index contributed by atoms with van der Waals surface area (Å²) in [6.07, 6.45) is 0. The number of para-hydroxylation sites is 2. The Morgan fingerprint density at radius 2 is 1.95 bits per heavy atom. The molecule has 6 nitrogen and oxygen atoms in total. The standard InChI is InChI=1S/C13H15IN4O2/c1-13(2,3)11-10(14)12(15)17(16-11)8-6-4-5-7-9(8)18(19)20/h4-7H,15H2,1-3H3. The minimum atomic E-state index is -0.430. The van der Waals surface area contributed by atoms with E-state index in [9.17, 15) is 10.1 Å². The van der Waals surface area contributed by atoms with Crippen molar-refractivity contribution in [2.45, 2.75) is 26.2 Å². The third kappa shape index (κ3) is 2.49. The molecule has 1 aromatic heterocycles. The van der Waals surface area contributed by atoms with Gasteiger partial charge in [-0.1, -0.05) is 32.9 Å². The topological polar surface area (TPSA) is 87.0 Å². The van der Waals surface area contributed by atoms with Crippen LogP contribution in [0.3, 0.4) is 0 Å². The zero-order chi connectivity index (χ0) is 15.1. The third-order valence-electron chi connectivity index (χ3n) is 2.88. The number of nitrogens with two attached hydrogens (primary N) is 1. The number of nitrogen functional groups attached to an aromatic ring is 1. The van der Waals surface area contributed by atoms with Crippen LogP contribution in [0.5, 0.6) is 0 Å². The summed E-state index contributed by atoms with van der Waals surface area (Å²) >= 11 is 2.13. The van der Waals surface area contributed by atoms with Crippen LogP contribution in [0.2, 0.25) is 0 Å². The summed E-state index contributed by atoms with van der Waals surface area (Å²) in [5.41, 5.74) is 7.08. The van der Waals surface area contributed by atoms with Crippen molar-refractivity contribution in [3.05, 3.63) is 43.6 Å². The number of rotatable bonds is 2. The predicted molar refractivity (Wildman–Crippen MR) is 86.0 cm³/mol. The van der Waals surface area contributed by atoms with E-state index < -0.39 is 4.92 Å². The minimum absolute atomic E-state index is 0.0152. The van der Waals surface area contributed by atoms with Gasteiger partial charge in [0.25, 0.3) is 5.69 Å². The molecule has 2 rings (SSSR count). The average Bonchev–Trinajstić information content (AvgIpc) is 2.66. The molecule has 0 saturated heterocycles. The molecule has 0 spiro atoms. The van der Waals surface area contributed by atoms with Crippen molar-refractivity contribution in [1.29, 1.82) is 0 Å². The highest BCUT2D eigenvalue weighted by atomic mass is 127. The van der Waals surface area contributed by atoms with Gasteiger partial charge in [0, 0.05) is 11.5 Å². The molecule has 1 aromatic carbocycles. The fourth-order valence-corrected chi connectivity index (χ4v) is 3.02. The molecule has 106 valence electrons. The number of nitrogens with zero attached hydrogens (tertiary/aromatic N) is 3. The fourth-order valence-electron chi connectivity index (χ4n) is 1.87. The molecule has 0 radical (unpaired) electrons. The maximum absolute atomic E-state index is 11.1. The van der Waals surface area contributed by atoms with Crippen LogP contribution in [-0.2, 0) is 5.41 Å². The average molecular weight is 386 g/mol. The van der Waals surface area contributed by atoms with Crippen LogP contribution in [0.1, 0.15) is 26.5 Å². The normalized spacial score (nSPS) is 11.6. The number of nitro groups is 1. The van der Waals surface area contributed by atoms with Gasteiger partial charge in [-0.2, -0.15) is 5.10 Å². The lowest BCUT2D eigenvalue weighted by Crippen LogP contribution is -2.14. The summed E-state index contributed by atoms with van der Waals surface area (Å²) in [7, 11) is 0. The van der Waals surface area contributed by atoms with Crippen LogP contribution in [0, 0.1) is 13.7 Å². The van der Waals surface area contributed by atoms with Crippen molar-refractivity contribution in [2.75, 3.05) is 5.73 Å². The molecule has 0 aliphatic rings. The van der Waals surface area contributed by atoms with Crippen LogP contribution in [0.25, 0.3) is 5.69 Å². The van der Waals surface area contributed by atoms with E-state index in [-0.39, 0.29) is 11.1 Å². The van der Waals surface area contributed by atoms with E-state index in [0.717, 1.165) is 9.26 Å². The highest BCUT2D eigenvalue weighted by Crippen LogP contribution is 2.33. The van der Waals surface area contributed by atoms with Crippen molar-refractivity contribution in [3.63, 3.8) is 0 Å². The maximum Gasteiger partial charge on any atom is 0.294 e. The van der Waals surface area contributed by atoms with Crippen LogP contribution < -0.4 is 5.73 Å². The van der Waals surface area contributed by atoms with Gasteiger partial charge in [0.05, 0.1) is 14.2 Å². The lowest BCUT2D eigenvalue weighted by Gasteiger charge is -2.15. The first-order chi connectivity index (χ1) is 9.23. The first-order valence-corrected chi connectivity index (χ1v) is 7.09. The van der Waals surface area contributed by atoms with E-state index in [1.807, 2.05) is 20.8 Å². The fraction of sp³-hybridized carbons (Fsp3) is 0.308. The lowest BCUT2D eigenvalue weighted by molar-refractivity contribution is -0.384. The van der Waals surface area contributed by atoms with Crippen LogP contribution in [-0.4, -0.2) is 14.7 Å². The molecular weight excluding hydrogens is 371 g/mol. The number of halogens is 1. The molecule has 0 amide bonds. The molecule has 20 heavy (non-hydrogen) atoms. The molecule has 0 bridgehead atoms. The van der Waals surface area contributed by atoms with Gasteiger partial charge < -0.3 is 5.73 Å². The largest absolute Gasteiger partial charge is 0.383 e. The summed E-state index contributed by atoms with van der Waals surface area (Å²) < 4.78 is 2.27. The summed E-state index contributed by atoms with van der Waals surface area (Å²) in [5, 5.41) is 15.6. The van der Waals surface area contributed by atoms with E-state index in [0.29, 0.717) is 11.5 Å². The van der Waals surface area contributed by atoms with E-state index in [1.54, 1.807) is 18.2 Å². The molecule has 0 atom stereocenters. The Balaban J connectivity index is 2.69. The van der Waals surface area contributed by atoms with Crippen molar-refractivity contribution in [2.24, 2.45) is 0 Å². The Bertz CT molecular complexity index is 673. The Morgan fingerprint density at radius 3 is 2.45 bits per heavy atom. The zero-order valence-electron chi connectivity index (χ0n) is 11.4. The van der Waals surface area contributed by atoms with Crippen molar-refractivity contribution in [1.82, 2.24) is 9.78 Å². The van der Waals surface area contributed by atoms with Gasteiger partial charge in [-0.05, 0) is 28.7 Å². The number of benzene rings is 1. The molecule has 1 heterocycles. The van der Waals surface area contributed by atoms with Gasteiger partial charge in [0.1, 0.15) is 11.5 Å². The summed E-state index contributed by atoms with van der Waals surface area (Å²) in [5.74, 6) is 0.421. The highest BCUT2D eigenvalue weighted by Gasteiger charge is 2.27. The number of anilines is 1. The minimum Gasteiger partial charge on any atom is -0.383 e. The van der Waals surface area contributed by atoms with Crippen molar-refractivity contribution < 1.29 is 4.92 Å². The smallest absolute Gasteiger partial charge is 0.294 e. The van der Waals surface area contributed by atoms with Crippen molar-refractivity contribution in [3.8, 4) is 5.69 Å². The molecular formula is C13H15IN4O2. The third-order valence-corrected chi connectivity index (χ3v) is 3.94. The molecule has 7 heteroatoms. The second-order valence-electron chi connectivity index (χ2n) is 5.46. The Kier molecular flexibility index (Phi) is 3.72. The number of nitro benzene ring substituents is 1. The van der Waals surface area contributed by atoms with Crippen molar-refractivity contribution >= 4 is 34.1 Å². The highest BCUT2D eigenvalue weighted by molar-refractivity contribution is 14.1. The summed E-state index contributed by atoms with van der Waals surface area (Å²) in [6, 6.07) is 6.44. The van der Waals surface area contributed by atoms with Crippen LogP contribution in [0.4, 0.5) is 11.5 Å². The molecule has 2 N–H and O–H groups in total. The van der Waals surface area contributed by atoms with Gasteiger partial charge in [-0.15, -0.1) is 0 Å². The van der Waals surface area contributed by atoms with E-state index in [2.05, 4.69) is 27.7 Å². The number of aromatic nitrogens is 2. The monoisotopic (exact) mass is 386 g/mol. The first-order valence-electron chi connectivity index (χ1n) is 6.01. The molecule has 0 aliphatic carbocycles. The maximum atomic E-state index is 11.1. The van der Waals surface area contributed by atoms with Gasteiger partial charge in [0.2, 0.25) is 0 Å². The van der Waals surface area contributed by atoms with E-state index in [1.165, 1.54) is 10.7 Å². The second-order valence-corrected chi connectivity index (χ2v) is 6.53. The Hall–Kier alpha value is -1.64. The van der Waals surface area contributed by atoms with E-state index >= 15 is 0 Å². The van der Waals surface area contributed by atoms with E-state index in [4.69, 9.17) is 5.73 Å². The van der Waals surface area contributed by atoms with Gasteiger partial charge >= 0.3 is 0 Å². The Labute approximate surface area is 130 Å². The predicted octanol–water partition coefficient (Wildman–Crippen LogP) is 3.26. The van der Waals surface area contributed by atoms with Crippen LogP contribution in [0.15, 0.2) is 24.3 Å². The van der Waals surface area contributed by atoms with Gasteiger partial charge in [-0.25, -0.2) is 4.68 Å². The molecule has 0 fully saturated rings. The molecule has 2 aromatic rings.